The number of thioether (sulfide) groups is 2. The smallest absolute Gasteiger partial charge is 0.267 e. The first-order valence-corrected chi connectivity index (χ1v) is 12.2. The lowest BCUT2D eigenvalue weighted by molar-refractivity contribution is 0.628. The lowest BCUT2D eigenvalue weighted by atomic mass is 10.00. The molecule has 0 aliphatic heterocycles. The minimum Gasteiger partial charge on any atom is -0.268 e. The Kier molecular flexibility index (Phi) is 6.59. The number of aromatic nitrogens is 2. The van der Waals surface area contributed by atoms with Crippen LogP contribution in [0.1, 0.15) is 5.56 Å². The fourth-order valence-electron chi connectivity index (χ4n) is 3.32. The quantitative estimate of drug-likeness (QED) is 0.329. The molecular formula is C25H21FN2OS2. The van der Waals surface area contributed by atoms with Gasteiger partial charge in [0.2, 0.25) is 0 Å². The molecule has 0 aliphatic carbocycles. The van der Waals surface area contributed by atoms with Gasteiger partial charge in [-0.2, -0.15) is 5.10 Å². The molecule has 0 unspecified atom stereocenters. The van der Waals surface area contributed by atoms with Crippen molar-refractivity contribution in [1.29, 1.82) is 0 Å². The molecule has 3 aromatic carbocycles. The average Bonchev–Trinajstić information content (AvgIpc) is 2.81. The number of rotatable bonds is 6. The summed E-state index contributed by atoms with van der Waals surface area (Å²) in [6.45, 7) is 0.382. The summed E-state index contributed by atoms with van der Waals surface area (Å²) in [4.78, 5) is 15.2. The SMILES string of the molecule is CSc1ccc(Cn2nc(-c3ccc(SC)cc3)c(-c3ccc(F)cc3)cc2=O)cc1. The van der Waals surface area contributed by atoms with Crippen LogP contribution in [0.5, 0.6) is 0 Å². The third kappa shape index (κ3) is 4.92. The van der Waals surface area contributed by atoms with E-state index in [1.165, 1.54) is 21.7 Å². The van der Waals surface area contributed by atoms with Crippen molar-refractivity contribution < 1.29 is 4.39 Å². The number of nitrogens with zero attached hydrogens (tertiary/aromatic N) is 2. The second-order valence-electron chi connectivity index (χ2n) is 6.99. The second-order valence-corrected chi connectivity index (χ2v) is 8.75. The Bertz CT molecular complexity index is 1230. The Balaban J connectivity index is 1.81. The normalized spacial score (nSPS) is 10.9. The van der Waals surface area contributed by atoms with Gasteiger partial charge in [-0.15, -0.1) is 23.5 Å². The largest absolute Gasteiger partial charge is 0.268 e. The predicted molar refractivity (Wildman–Crippen MR) is 128 cm³/mol. The Morgan fingerprint density at radius 1 is 0.806 bits per heavy atom. The number of hydrogen-bond acceptors (Lipinski definition) is 4. The van der Waals surface area contributed by atoms with Crippen LogP contribution in [-0.4, -0.2) is 22.3 Å². The fourth-order valence-corrected chi connectivity index (χ4v) is 4.14. The van der Waals surface area contributed by atoms with Crippen LogP contribution in [0, 0.1) is 5.82 Å². The molecule has 0 saturated heterocycles. The molecule has 4 rings (SSSR count). The van der Waals surface area contributed by atoms with Crippen molar-refractivity contribution in [1.82, 2.24) is 9.78 Å². The zero-order chi connectivity index (χ0) is 21.8. The monoisotopic (exact) mass is 448 g/mol. The van der Waals surface area contributed by atoms with Gasteiger partial charge in [0, 0.05) is 27.0 Å². The van der Waals surface area contributed by atoms with Gasteiger partial charge >= 0.3 is 0 Å². The van der Waals surface area contributed by atoms with Crippen LogP contribution < -0.4 is 5.56 Å². The van der Waals surface area contributed by atoms with Crippen molar-refractivity contribution >= 4 is 23.5 Å². The molecule has 0 N–H and O–H groups in total. The van der Waals surface area contributed by atoms with Crippen LogP contribution in [0.4, 0.5) is 4.39 Å². The average molecular weight is 449 g/mol. The fraction of sp³-hybridized carbons (Fsp3) is 0.120. The standard InChI is InChI=1S/C25H21FN2OS2/c1-30-21-11-3-17(4-12-21)16-28-24(29)15-23(18-5-9-20(26)10-6-18)25(27-28)19-7-13-22(31-2)14-8-19/h3-15H,16H2,1-2H3. The summed E-state index contributed by atoms with van der Waals surface area (Å²) in [5.41, 5.74) is 3.86. The number of benzene rings is 3. The van der Waals surface area contributed by atoms with Gasteiger partial charge in [0.05, 0.1) is 12.2 Å². The van der Waals surface area contributed by atoms with Gasteiger partial charge in [0.25, 0.3) is 5.56 Å². The van der Waals surface area contributed by atoms with E-state index in [-0.39, 0.29) is 11.4 Å². The zero-order valence-corrected chi connectivity index (χ0v) is 18.8. The molecule has 0 aliphatic rings. The van der Waals surface area contributed by atoms with E-state index in [1.54, 1.807) is 41.7 Å². The maximum Gasteiger partial charge on any atom is 0.267 e. The van der Waals surface area contributed by atoms with E-state index in [2.05, 4.69) is 0 Å². The van der Waals surface area contributed by atoms with Crippen LogP contribution in [0.25, 0.3) is 22.4 Å². The van der Waals surface area contributed by atoms with Gasteiger partial charge in [-0.3, -0.25) is 4.79 Å². The highest BCUT2D eigenvalue weighted by Crippen LogP contribution is 2.30. The molecule has 31 heavy (non-hydrogen) atoms. The van der Waals surface area contributed by atoms with Crippen molar-refractivity contribution in [3.63, 3.8) is 0 Å². The molecule has 156 valence electrons. The Morgan fingerprint density at radius 2 is 1.35 bits per heavy atom. The summed E-state index contributed by atoms with van der Waals surface area (Å²) in [6.07, 6.45) is 4.06. The highest BCUT2D eigenvalue weighted by Gasteiger charge is 2.14. The Hall–Kier alpha value is -2.83. The van der Waals surface area contributed by atoms with E-state index in [1.807, 2.05) is 61.0 Å². The van der Waals surface area contributed by atoms with Crippen molar-refractivity contribution in [3.05, 3.63) is 101 Å². The molecule has 4 aromatic rings. The summed E-state index contributed by atoms with van der Waals surface area (Å²) >= 11 is 3.34. The molecule has 0 atom stereocenters. The maximum absolute atomic E-state index is 13.5. The first kappa shape index (κ1) is 21.4. The Morgan fingerprint density at radius 3 is 1.94 bits per heavy atom. The zero-order valence-electron chi connectivity index (χ0n) is 17.2. The van der Waals surface area contributed by atoms with Gasteiger partial charge < -0.3 is 0 Å². The van der Waals surface area contributed by atoms with E-state index in [9.17, 15) is 9.18 Å². The molecule has 6 heteroatoms. The van der Waals surface area contributed by atoms with Crippen LogP contribution >= 0.6 is 23.5 Å². The van der Waals surface area contributed by atoms with Crippen LogP contribution in [0.3, 0.4) is 0 Å². The first-order valence-electron chi connectivity index (χ1n) is 9.73. The molecule has 0 fully saturated rings. The van der Waals surface area contributed by atoms with Gasteiger partial charge in [-0.1, -0.05) is 36.4 Å². The van der Waals surface area contributed by atoms with Crippen molar-refractivity contribution in [2.24, 2.45) is 0 Å². The molecule has 1 aromatic heterocycles. The van der Waals surface area contributed by atoms with Crippen molar-refractivity contribution in [3.8, 4) is 22.4 Å². The highest BCUT2D eigenvalue weighted by molar-refractivity contribution is 7.98. The van der Waals surface area contributed by atoms with E-state index >= 15 is 0 Å². The van der Waals surface area contributed by atoms with E-state index in [0.29, 0.717) is 17.8 Å². The molecule has 0 saturated carbocycles. The summed E-state index contributed by atoms with van der Waals surface area (Å²) in [5.74, 6) is -0.315. The molecule has 0 bridgehead atoms. The van der Waals surface area contributed by atoms with Crippen LogP contribution in [0.2, 0.25) is 0 Å². The van der Waals surface area contributed by atoms with Gasteiger partial charge in [0.1, 0.15) is 5.82 Å². The number of halogens is 1. The minimum absolute atomic E-state index is 0.197. The molecule has 0 radical (unpaired) electrons. The maximum atomic E-state index is 13.5. The van der Waals surface area contributed by atoms with Gasteiger partial charge in [-0.25, -0.2) is 9.07 Å². The van der Waals surface area contributed by atoms with Crippen LogP contribution in [0.15, 0.2) is 93.4 Å². The highest BCUT2D eigenvalue weighted by atomic mass is 32.2. The molecular weight excluding hydrogens is 427 g/mol. The van der Waals surface area contributed by atoms with E-state index in [4.69, 9.17) is 5.10 Å². The third-order valence-electron chi connectivity index (χ3n) is 5.01. The summed E-state index contributed by atoms with van der Waals surface area (Å²) in [6, 6.07) is 23.9. The molecule has 3 nitrogen and oxygen atoms in total. The van der Waals surface area contributed by atoms with Crippen molar-refractivity contribution in [2.45, 2.75) is 16.3 Å². The number of hydrogen-bond donors (Lipinski definition) is 0. The predicted octanol–water partition coefficient (Wildman–Crippen LogP) is 6.21. The van der Waals surface area contributed by atoms with Gasteiger partial charge in [-0.05, 0) is 60.0 Å². The van der Waals surface area contributed by atoms with E-state index < -0.39 is 0 Å². The summed E-state index contributed by atoms with van der Waals surface area (Å²) in [5, 5.41) is 4.73. The molecule has 0 spiro atoms. The third-order valence-corrected chi connectivity index (χ3v) is 6.50. The van der Waals surface area contributed by atoms with Crippen LogP contribution in [-0.2, 0) is 6.54 Å². The second kappa shape index (κ2) is 9.54. The lowest BCUT2D eigenvalue weighted by Crippen LogP contribution is -2.23. The topological polar surface area (TPSA) is 34.9 Å². The molecule has 1 heterocycles. The minimum atomic E-state index is -0.315. The van der Waals surface area contributed by atoms with E-state index in [0.717, 1.165) is 21.6 Å². The Labute approximate surface area is 189 Å². The summed E-state index contributed by atoms with van der Waals surface area (Å²) < 4.78 is 14.9. The van der Waals surface area contributed by atoms with Crippen molar-refractivity contribution in [2.75, 3.05) is 12.5 Å². The van der Waals surface area contributed by atoms with Gasteiger partial charge in [0.15, 0.2) is 0 Å². The first-order chi connectivity index (χ1) is 15.1. The summed E-state index contributed by atoms with van der Waals surface area (Å²) in [7, 11) is 0. The molecule has 0 amide bonds. The lowest BCUT2D eigenvalue weighted by Gasteiger charge is -2.13.